The van der Waals surface area contributed by atoms with Gasteiger partial charge in [0, 0.05) is 23.0 Å². The van der Waals surface area contributed by atoms with Gasteiger partial charge in [-0.3, -0.25) is 4.79 Å². The van der Waals surface area contributed by atoms with Crippen molar-refractivity contribution in [2.24, 2.45) is 0 Å². The number of ether oxygens (including phenoxy) is 1. The summed E-state index contributed by atoms with van der Waals surface area (Å²) in [4.78, 5) is 13.3. The maximum atomic E-state index is 13.3. The van der Waals surface area contributed by atoms with E-state index in [-0.39, 0.29) is 5.78 Å². The number of rotatable bonds is 5. The van der Waals surface area contributed by atoms with Gasteiger partial charge < -0.3 is 15.0 Å². The van der Waals surface area contributed by atoms with E-state index in [1.54, 1.807) is 19.2 Å². The molecule has 1 heterocycles. The number of ketones is 1. The quantitative estimate of drug-likeness (QED) is 0.506. The maximum Gasteiger partial charge on any atom is 0.211 e. The highest BCUT2D eigenvalue weighted by Crippen LogP contribution is 2.34. The van der Waals surface area contributed by atoms with Crippen LogP contribution >= 0.6 is 0 Å². The van der Waals surface area contributed by atoms with E-state index in [9.17, 15) is 4.79 Å². The Bertz CT molecular complexity index is 1100. The third-order valence-electron chi connectivity index (χ3n) is 4.73. The Labute approximate surface area is 163 Å². The van der Waals surface area contributed by atoms with E-state index in [1.165, 1.54) is 0 Å². The van der Waals surface area contributed by atoms with Crippen molar-refractivity contribution >= 4 is 11.5 Å². The van der Waals surface area contributed by atoms with Crippen molar-refractivity contribution in [2.45, 2.75) is 0 Å². The molecule has 0 fully saturated rings. The highest BCUT2D eigenvalue weighted by Gasteiger charge is 2.22. The van der Waals surface area contributed by atoms with E-state index in [0.717, 1.165) is 22.6 Å². The van der Waals surface area contributed by atoms with Crippen molar-refractivity contribution in [3.05, 3.63) is 102 Å². The number of nitrogen functional groups attached to an aromatic ring is 1. The fraction of sp³-hybridized carbons (Fsp3) is 0.0417. The Morgan fingerprint density at radius 1 is 0.857 bits per heavy atom. The molecule has 0 atom stereocenters. The molecule has 138 valence electrons. The Morgan fingerprint density at radius 2 is 1.46 bits per heavy atom. The van der Waals surface area contributed by atoms with E-state index < -0.39 is 0 Å². The Kier molecular flexibility index (Phi) is 4.68. The molecule has 0 aliphatic heterocycles. The number of carbonyl (C=O) groups is 1. The van der Waals surface area contributed by atoms with Gasteiger partial charge in [-0.2, -0.15) is 0 Å². The topological polar surface area (TPSA) is 57.2 Å². The zero-order valence-corrected chi connectivity index (χ0v) is 15.5. The number of aromatic nitrogens is 1. The molecule has 1 aromatic heterocycles. The fourth-order valence-corrected chi connectivity index (χ4v) is 3.27. The summed E-state index contributed by atoms with van der Waals surface area (Å²) in [6.07, 6.45) is 1.92. The molecule has 3 aromatic carbocycles. The molecule has 4 rings (SSSR count). The van der Waals surface area contributed by atoms with Crippen LogP contribution in [0.2, 0.25) is 0 Å². The minimum Gasteiger partial charge on any atom is -0.497 e. The third kappa shape index (κ3) is 3.16. The highest BCUT2D eigenvalue weighted by molar-refractivity contribution is 6.13. The number of nitrogens with zero attached hydrogens (tertiary/aromatic N) is 1. The molecule has 0 amide bonds. The summed E-state index contributed by atoms with van der Waals surface area (Å²) in [6, 6.07) is 26.6. The van der Waals surface area contributed by atoms with Gasteiger partial charge in [0.15, 0.2) is 0 Å². The van der Waals surface area contributed by atoms with Gasteiger partial charge in [-0.05, 0) is 29.8 Å². The summed E-state index contributed by atoms with van der Waals surface area (Å²) >= 11 is 0. The van der Waals surface area contributed by atoms with Gasteiger partial charge in [-0.15, -0.1) is 0 Å². The number of nitrogens with two attached hydrogens (primary N) is 1. The summed E-state index contributed by atoms with van der Waals surface area (Å²) in [6.45, 7) is 0. The van der Waals surface area contributed by atoms with E-state index in [4.69, 9.17) is 10.5 Å². The average molecular weight is 368 g/mol. The van der Waals surface area contributed by atoms with E-state index in [1.807, 2.05) is 83.6 Å². The predicted molar refractivity (Wildman–Crippen MR) is 112 cm³/mol. The molecule has 0 bridgehead atoms. The van der Waals surface area contributed by atoms with E-state index in [2.05, 4.69) is 0 Å². The molecule has 4 heteroatoms. The van der Waals surface area contributed by atoms with Crippen molar-refractivity contribution in [3.63, 3.8) is 0 Å². The van der Waals surface area contributed by atoms with Crippen LogP contribution in [0, 0.1) is 0 Å². The molecule has 4 nitrogen and oxygen atoms in total. The molecular weight excluding hydrogens is 348 g/mol. The van der Waals surface area contributed by atoms with Gasteiger partial charge in [-0.1, -0.05) is 60.7 Å². The standard InChI is InChI=1S/C24H20N2O2/c1-28-20-14-12-19(13-15-20)26-16-21(17-8-4-2-5-9-17)22(25)23(26)24(27)18-10-6-3-7-11-18/h2-16H,25H2,1H3. The largest absolute Gasteiger partial charge is 0.497 e. The molecule has 0 aliphatic carbocycles. The van der Waals surface area contributed by atoms with Crippen LogP contribution in [-0.4, -0.2) is 17.5 Å². The van der Waals surface area contributed by atoms with Gasteiger partial charge in [0.25, 0.3) is 0 Å². The maximum absolute atomic E-state index is 13.3. The molecule has 0 unspecified atom stereocenters. The van der Waals surface area contributed by atoms with Gasteiger partial charge in [0.1, 0.15) is 11.4 Å². The minimum absolute atomic E-state index is 0.115. The number of anilines is 1. The second-order valence-electron chi connectivity index (χ2n) is 6.43. The molecule has 0 radical (unpaired) electrons. The highest BCUT2D eigenvalue weighted by atomic mass is 16.5. The van der Waals surface area contributed by atoms with Crippen LogP contribution in [0.1, 0.15) is 16.1 Å². The zero-order valence-electron chi connectivity index (χ0n) is 15.5. The van der Waals surface area contributed by atoms with Crippen LogP contribution in [0.4, 0.5) is 5.69 Å². The molecular formula is C24H20N2O2. The zero-order chi connectivity index (χ0) is 19.5. The fourth-order valence-electron chi connectivity index (χ4n) is 3.27. The number of hydrogen-bond donors (Lipinski definition) is 1. The van der Waals surface area contributed by atoms with Crippen molar-refractivity contribution in [2.75, 3.05) is 12.8 Å². The Hall–Kier alpha value is -3.79. The summed E-state index contributed by atoms with van der Waals surface area (Å²) in [5, 5.41) is 0. The molecule has 0 spiro atoms. The van der Waals surface area contributed by atoms with E-state index in [0.29, 0.717) is 16.9 Å². The normalized spacial score (nSPS) is 10.6. The van der Waals surface area contributed by atoms with Crippen LogP contribution in [0.15, 0.2) is 91.1 Å². The number of methoxy groups -OCH3 is 1. The van der Waals surface area contributed by atoms with Gasteiger partial charge in [-0.25, -0.2) is 0 Å². The van der Waals surface area contributed by atoms with Crippen LogP contribution in [-0.2, 0) is 0 Å². The predicted octanol–water partition coefficient (Wildman–Crippen LogP) is 4.97. The van der Waals surface area contributed by atoms with Gasteiger partial charge in [0.2, 0.25) is 5.78 Å². The number of hydrogen-bond acceptors (Lipinski definition) is 3. The first-order valence-electron chi connectivity index (χ1n) is 8.99. The molecule has 0 aliphatic rings. The summed E-state index contributed by atoms with van der Waals surface area (Å²) < 4.78 is 7.10. The molecule has 4 aromatic rings. The molecule has 2 N–H and O–H groups in total. The first-order valence-corrected chi connectivity index (χ1v) is 8.99. The van der Waals surface area contributed by atoms with Crippen molar-refractivity contribution < 1.29 is 9.53 Å². The summed E-state index contributed by atoms with van der Waals surface area (Å²) in [7, 11) is 1.63. The van der Waals surface area contributed by atoms with Crippen LogP contribution in [0.3, 0.4) is 0 Å². The van der Waals surface area contributed by atoms with Crippen molar-refractivity contribution in [1.29, 1.82) is 0 Å². The van der Waals surface area contributed by atoms with Gasteiger partial charge in [0.05, 0.1) is 12.8 Å². The lowest BCUT2D eigenvalue weighted by Gasteiger charge is -2.10. The molecule has 0 saturated carbocycles. The SMILES string of the molecule is COc1ccc(-n2cc(-c3ccccc3)c(N)c2C(=O)c2ccccc2)cc1. The number of benzene rings is 3. The van der Waals surface area contributed by atoms with Gasteiger partial charge >= 0.3 is 0 Å². The lowest BCUT2D eigenvalue weighted by Crippen LogP contribution is -2.10. The Balaban J connectivity index is 1.91. The minimum atomic E-state index is -0.115. The second-order valence-corrected chi connectivity index (χ2v) is 6.43. The number of carbonyl (C=O) groups excluding carboxylic acids is 1. The molecule has 0 saturated heterocycles. The first-order chi connectivity index (χ1) is 13.7. The van der Waals surface area contributed by atoms with Crippen LogP contribution < -0.4 is 10.5 Å². The summed E-state index contributed by atoms with van der Waals surface area (Å²) in [5.41, 5.74) is 10.7. The van der Waals surface area contributed by atoms with Crippen LogP contribution in [0.5, 0.6) is 5.75 Å². The molecule has 28 heavy (non-hydrogen) atoms. The lowest BCUT2D eigenvalue weighted by atomic mass is 10.0. The van der Waals surface area contributed by atoms with Crippen molar-refractivity contribution in [3.8, 4) is 22.6 Å². The lowest BCUT2D eigenvalue weighted by molar-refractivity contribution is 0.103. The third-order valence-corrected chi connectivity index (χ3v) is 4.73. The smallest absolute Gasteiger partial charge is 0.211 e. The Morgan fingerprint density at radius 3 is 2.07 bits per heavy atom. The van der Waals surface area contributed by atoms with Crippen molar-refractivity contribution in [1.82, 2.24) is 4.57 Å². The second kappa shape index (κ2) is 7.45. The summed E-state index contributed by atoms with van der Waals surface area (Å²) in [5.74, 6) is 0.638. The van der Waals surface area contributed by atoms with E-state index >= 15 is 0 Å². The first kappa shape index (κ1) is 17.6. The average Bonchev–Trinajstić information content (AvgIpc) is 3.11. The monoisotopic (exact) mass is 368 g/mol. The van der Waals surface area contributed by atoms with Crippen LogP contribution in [0.25, 0.3) is 16.8 Å².